The molecule has 3 nitrogen and oxygen atoms in total. The third-order valence-electron chi connectivity index (χ3n) is 1.88. The van der Waals surface area contributed by atoms with E-state index in [9.17, 15) is 18.0 Å². The minimum absolute atomic E-state index is 0.0449. The minimum atomic E-state index is -4.82. The van der Waals surface area contributed by atoms with Gasteiger partial charge in [-0.05, 0) is 18.1 Å². The fourth-order valence-electron chi connectivity index (χ4n) is 1.19. The summed E-state index contributed by atoms with van der Waals surface area (Å²) >= 11 is 5.68. The van der Waals surface area contributed by atoms with Crippen molar-refractivity contribution in [3.63, 3.8) is 0 Å². The van der Waals surface area contributed by atoms with Gasteiger partial charge in [-0.1, -0.05) is 23.7 Å². The molecule has 0 fully saturated rings. The average Bonchev–Trinajstić information content (AvgIpc) is 2.17. The van der Waals surface area contributed by atoms with Gasteiger partial charge in [0.15, 0.2) is 0 Å². The van der Waals surface area contributed by atoms with Crippen LogP contribution in [0, 0.1) is 0 Å². The molecule has 0 unspecified atom stereocenters. The first kappa shape index (κ1) is 13.6. The quantitative estimate of drug-likeness (QED) is 0.912. The zero-order chi connectivity index (χ0) is 13.1. The number of aliphatic carboxylic acids is 1. The van der Waals surface area contributed by atoms with Gasteiger partial charge in [0, 0.05) is 6.42 Å². The van der Waals surface area contributed by atoms with Gasteiger partial charge in [0.2, 0.25) is 0 Å². The Balaban J connectivity index is 2.87. The van der Waals surface area contributed by atoms with Gasteiger partial charge < -0.3 is 9.84 Å². The predicted octanol–water partition coefficient (Wildman–Crippen LogP) is 3.26. The number of halogens is 4. The zero-order valence-electron chi connectivity index (χ0n) is 8.42. The summed E-state index contributed by atoms with van der Waals surface area (Å²) < 4.78 is 39.7. The Labute approximate surface area is 99.8 Å². The molecule has 0 heterocycles. The summed E-state index contributed by atoms with van der Waals surface area (Å²) in [4.78, 5) is 10.3. The van der Waals surface area contributed by atoms with Crippen molar-refractivity contribution in [1.82, 2.24) is 0 Å². The van der Waals surface area contributed by atoms with Crippen LogP contribution in [0.1, 0.15) is 12.0 Å². The fourth-order valence-corrected chi connectivity index (χ4v) is 1.45. The number of carboxylic acid groups (broad SMARTS) is 1. The van der Waals surface area contributed by atoms with Crippen LogP contribution in [-0.2, 0) is 11.2 Å². The summed E-state index contributed by atoms with van der Waals surface area (Å²) in [6.07, 6.45) is -4.99. The van der Waals surface area contributed by atoms with Crippen LogP contribution >= 0.6 is 11.6 Å². The van der Waals surface area contributed by atoms with E-state index in [-0.39, 0.29) is 17.9 Å². The van der Waals surface area contributed by atoms with Crippen LogP contribution in [0.2, 0.25) is 5.02 Å². The Morgan fingerprint density at radius 2 is 2.06 bits per heavy atom. The van der Waals surface area contributed by atoms with E-state index in [0.717, 1.165) is 6.07 Å². The number of hydrogen-bond acceptors (Lipinski definition) is 2. The number of aryl methyl sites for hydroxylation is 1. The van der Waals surface area contributed by atoms with Crippen molar-refractivity contribution in [2.45, 2.75) is 19.2 Å². The molecule has 0 aliphatic carbocycles. The standard InChI is InChI=1S/C10H8ClF3O3/c11-9-6(4-5-8(15)16)2-1-3-7(9)17-10(12,13)14/h1-3H,4-5H2,(H,15,16). The first-order valence-corrected chi connectivity index (χ1v) is 4.92. The molecule has 1 N–H and O–H groups in total. The van der Waals surface area contributed by atoms with Gasteiger partial charge in [-0.25, -0.2) is 0 Å². The van der Waals surface area contributed by atoms with Gasteiger partial charge in [0.1, 0.15) is 5.75 Å². The average molecular weight is 269 g/mol. The third-order valence-corrected chi connectivity index (χ3v) is 2.31. The van der Waals surface area contributed by atoms with Crippen LogP contribution < -0.4 is 4.74 Å². The summed E-state index contributed by atoms with van der Waals surface area (Å²) in [6, 6.07) is 3.85. The number of rotatable bonds is 4. The van der Waals surface area contributed by atoms with Gasteiger partial charge in [0.05, 0.1) is 5.02 Å². The van der Waals surface area contributed by atoms with Crippen LogP contribution in [-0.4, -0.2) is 17.4 Å². The number of carbonyl (C=O) groups is 1. The first-order valence-electron chi connectivity index (χ1n) is 4.54. The molecule has 0 amide bonds. The summed E-state index contributed by atoms with van der Waals surface area (Å²) in [7, 11) is 0. The zero-order valence-corrected chi connectivity index (χ0v) is 9.18. The molecule has 7 heteroatoms. The van der Waals surface area contributed by atoms with Crippen LogP contribution in [0.25, 0.3) is 0 Å². The number of ether oxygens (including phenoxy) is 1. The monoisotopic (exact) mass is 268 g/mol. The molecule has 0 aromatic heterocycles. The summed E-state index contributed by atoms with van der Waals surface area (Å²) in [5, 5.41) is 8.25. The Kier molecular flexibility index (Phi) is 4.22. The van der Waals surface area contributed by atoms with E-state index in [4.69, 9.17) is 16.7 Å². The van der Waals surface area contributed by atoms with Crippen LogP contribution in [0.15, 0.2) is 18.2 Å². The second-order valence-electron chi connectivity index (χ2n) is 3.17. The number of alkyl halides is 3. The maximum Gasteiger partial charge on any atom is 0.573 e. The molecule has 1 aromatic carbocycles. The maximum atomic E-state index is 12.0. The van der Waals surface area contributed by atoms with Crippen molar-refractivity contribution in [3.05, 3.63) is 28.8 Å². The molecule has 1 rings (SSSR count). The lowest BCUT2D eigenvalue weighted by molar-refractivity contribution is -0.274. The summed E-state index contributed by atoms with van der Waals surface area (Å²) in [5.41, 5.74) is 0.302. The van der Waals surface area contributed by atoms with Crippen molar-refractivity contribution in [2.24, 2.45) is 0 Å². The van der Waals surface area contributed by atoms with E-state index in [1.165, 1.54) is 12.1 Å². The topological polar surface area (TPSA) is 46.5 Å². The van der Waals surface area contributed by atoms with Crippen molar-refractivity contribution in [1.29, 1.82) is 0 Å². The first-order chi connectivity index (χ1) is 7.79. The summed E-state index contributed by atoms with van der Waals surface area (Å²) in [5.74, 6) is -1.58. The molecular formula is C10H8ClF3O3. The SMILES string of the molecule is O=C(O)CCc1cccc(OC(F)(F)F)c1Cl. The second kappa shape index (κ2) is 5.27. The van der Waals surface area contributed by atoms with Crippen molar-refractivity contribution >= 4 is 17.6 Å². The van der Waals surface area contributed by atoms with E-state index in [0.29, 0.717) is 5.56 Å². The molecule has 0 bridgehead atoms. The van der Waals surface area contributed by atoms with Crippen molar-refractivity contribution in [2.75, 3.05) is 0 Å². The van der Waals surface area contributed by atoms with Crippen LogP contribution in [0.3, 0.4) is 0 Å². The van der Waals surface area contributed by atoms with Gasteiger partial charge in [0.25, 0.3) is 0 Å². The predicted molar refractivity (Wildman–Crippen MR) is 54.1 cm³/mol. The highest BCUT2D eigenvalue weighted by Crippen LogP contribution is 2.32. The lowest BCUT2D eigenvalue weighted by Gasteiger charge is -2.12. The Morgan fingerprint density at radius 1 is 1.41 bits per heavy atom. The van der Waals surface area contributed by atoms with E-state index < -0.39 is 18.1 Å². The second-order valence-corrected chi connectivity index (χ2v) is 3.55. The Morgan fingerprint density at radius 3 is 2.59 bits per heavy atom. The molecule has 0 aliphatic heterocycles. The van der Waals surface area contributed by atoms with Gasteiger partial charge in [-0.15, -0.1) is 13.2 Å². The number of benzene rings is 1. The third kappa shape index (κ3) is 4.52. The molecular weight excluding hydrogens is 261 g/mol. The van der Waals surface area contributed by atoms with Crippen molar-refractivity contribution < 1.29 is 27.8 Å². The van der Waals surface area contributed by atoms with E-state index >= 15 is 0 Å². The van der Waals surface area contributed by atoms with Gasteiger partial charge in [-0.3, -0.25) is 4.79 Å². The molecule has 0 atom stereocenters. The van der Waals surface area contributed by atoms with Crippen LogP contribution in [0.5, 0.6) is 5.75 Å². The number of carboxylic acids is 1. The molecule has 0 radical (unpaired) electrons. The molecule has 1 aromatic rings. The smallest absolute Gasteiger partial charge is 0.481 e. The van der Waals surface area contributed by atoms with Gasteiger partial charge in [-0.2, -0.15) is 0 Å². The molecule has 17 heavy (non-hydrogen) atoms. The largest absolute Gasteiger partial charge is 0.573 e. The van der Waals surface area contributed by atoms with Crippen molar-refractivity contribution in [3.8, 4) is 5.75 Å². The molecule has 0 aliphatic rings. The lowest BCUT2D eigenvalue weighted by Crippen LogP contribution is -2.17. The van der Waals surface area contributed by atoms with E-state index in [1.807, 2.05) is 0 Å². The highest BCUT2D eigenvalue weighted by molar-refractivity contribution is 6.32. The van der Waals surface area contributed by atoms with E-state index in [1.54, 1.807) is 0 Å². The highest BCUT2D eigenvalue weighted by atomic mass is 35.5. The maximum absolute atomic E-state index is 12.0. The fraction of sp³-hybridized carbons (Fsp3) is 0.300. The highest BCUT2D eigenvalue weighted by Gasteiger charge is 2.32. The molecule has 0 saturated carbocycles. The lowest BCUT2D eigenvalue weighted by atomic mass is 10.1. The summed E-state index contributed by atoms with van der Waals surface area (Å²) in [6.45, 7) is 0. The number of hydrogen-bond donors (Lipinski definition) is 1. The van der Waals surface area contributed by atoms with E-state index in [2.05, 4.69) is 4.74 Å². The molecule has 94 valence electrons. The molecule has 0 saturated heterocycles. The minimum Gasteiger partial charge on any atom is -0.481 e. The molecule has 0 spiro atoms. The Hall–Kier alpha value is -1.43. The van der Waals surface area contributed by atoms with Crippen LogP contribution in [0.4, 0.5) is 13.2 Å². The normalized spacial score (nSPS) is 11.3. The Bertz CT molecular complexity index is 418. The van der Waals surface area contributed by atoms with Gasteiger partial charge >= 0.3 is 12.3 Å².